The van der Waals surface area contributed by atoms with Crippen molar-refractivity contribution >= 4 is 16.6 Å². The summed E-state index contributed by atoms with van der Waals surface area (Å²) in [7, 11) is 0. The van der Waals surface area contributed by atoms with Crippen LogP contribution in [0, 0.1) is 17.1 Å². The van der Waals surface area contributed by atoms with Crippen LogP contribution in [0.3, 0.4) is 0 Å². The maximum Gasteiger partial charge on any atom is 0.123 e. The number of benzene rings is 3. The molecule has 2 N–H and O–H groups in total. The third-order valence-electron chi connectivity index (χ3n) is 4.72. The van der Waals surface area contributed by atoms with Gasteiger partial charge in [-0.15, -0.1) is 0 Å². The molecule has 0 aliphatic heterocycles. The number of halogens is 1. The Labute approximate surface area is 167 Å². The molecule has 4 rings (SSSR count). The average molecular weight is 384 g/mol. The minimum Gasteiger partial charge on any atom is -0.508 e. The van der Waals surface area contributed by atoms with Crippen LogP contribution in [0.4, 0.5) is 4.39 Å². The molecule has 1 aromatic heterocycles. The molecule has 0 fully saturated rings. The second kappa shape index (κ2) is 7.49. The lowest BCUT2D eigenvalue weighted by atomic mass is 10.1. The van der Waals surface area contributed by atoms with Gasteiger partial charge in [0.15, 0.2) is 0 Å². The molecule has 4 aromatic rings. The van der Waals surface area contributed by atoms with Gasteiger partial charge in [0.1, 0.15) is 11.6 Å². The van der Waals surface area contributed by atoms with Crippen LogP contribution in [0.2, 0.25) is 0 Å². The number of hydrogen-bond acceptors (Lipinski definition) is 4. The molecule has 6 heteroatoms. The van der Waals surface area contributed by atoms with Crippen LogP contribution in [0.5, 0.6) is 5.75 Å². The van der Waals surface area contributed by atoms with Crippen molar-refractivity contribution in [3.63, 3.8) is 0 Å². The highest BCUT2D eigenvalue weighted by molar-refractivity contribution is 5.91. The maximum absolute atomic E-state index is 13.2. The van der Waals surface area contributed by atoms with E-state index >= 15 is 0 Å². The van der Waals surface area contributed by atoms with Gasteiger partial charge in [-0.05, 0) is 42.5 Å². The largest absolute Gasteiger partial charge is 0.508 e. The lowest BCUT2D eigenvalue weighted by molar-refractivity contribution is 0.467. The summed E-state index contributed by atoms with van der Waals surface area (Å²) in [6.07, 6.45) is 1.75. The number of phenolic OH excluding ortho intramolecular Hbond substituents is 1. The van der Waals surface area contributed by atoms with Crippen LogP contribution < -0.4 is 5.32 Å². The number of rotatable bonds is 5. The van der Waals surface area contributed by atoms with Crippen molar-refractivity contribution in [3.8, 4) is 17.5 Å². The third-order valence-corrected chi connectivity index (χ3v) is 4.72. The Balaban J connectivity index is 1.60. The highest BCUT2D eigenvalue weighted by Gasteiger charge is 2.11. The van der Waals surface area contributed by atoms with Gasteiger partial charge in [-0.2, -0.15) is 10.4 Å². The van der Waals surface area contributed by atoms with Gasteiger partial charge in [0.2, 0.25) is 0 Å². The topological polar surface area (TPSA) is 73.9 Å². The molecule has 142 valence electrons. The van der Waals surface area contributed by atoms with Gasteiger partial charge in [0.05, 0.1) is 29.0 Å². The van der Waals surface area contributed by atoms with Crippen LogP contribution in [0.15, 0.2) is 73.4 Å². The Hall–Kier alpha value is -4.11. The summed E-state index contributed by atoms with van der Waals surface area (Å²) < 4.78 is 15.0. The van der Waals surface area contributed by atoms with Gasteiger partial charge in [-0.1, -0.05) is 24.8 Å². The van der Waals surface area contributed by atoms with Crippen molar-refractivity contribution < 1.29 is 9.50 Å². The minimum atomic E-state index is -0.297. The van der Waals surface area contributed by atoms with E-state index in [1.807, 2.05) is 24.3 Å². The van der Waals surface area contributed by atoms with Crippen LogP contribution in [0.1, 0.15) is 16.7 Å². The van der Waals surface area contributed by atoms with E-state index < -0.39 is 0 Å². The second-order valence-corrected chi connectivity index (χ2v) is 6.56. The summed E-state index contributed by atoms with van der Waals surface area (Å²) in [4.78, 5) is 0. The molecule has 0 atom stereocenters. The first-order chi connectivity index (χ1) is 14.1. The van der Waals surface area contributed by atoms with E-state index in [1.165, 1.54) is 18.2 Å². The Morgan fingerprint density at radius 2 is 1.97 bits per heavy atom. The number of hydrogen-bond donors (Lipinski definition) is 2. The zero-order valence-corrected chi connectivity index (χ0v) is 15.4. The lowest BCUT2D eigenvalue weighted by Gasteiger charge is -2.12. The minimum absolute atomic E-state index is 0.0617. The molecule has 0 aliphatic carbocycles. The first-order valence-electron chi connectivity index (χ1n) is 8.94. The average Bonchev–Trinajstić information content (AvgIpc) is 3.17. The van der Waals surface area contributed by atoms with Gasteiger partial charge in [0.25, 0.3) is 0 Å². The number of nitrogens with zero attached hydrogens (tertiary/aromatic N) is 3. The molecule has 0 saturated carbocycles. The molecule has 1 heterocycles. The first-order valence-corrected chi connectivity index (χ1v) is 8.94. The fourth-order valence-electron chi connectivity index (χ4n) is 3.18. The quantitative estimate of drug-likeness (QED) is 0.531. The number of nitriles is 1. The number of nitrogens with one attached hydrogen (secondary N) is 1. The second-order valence-electron chi connectivity index (χ2n) is 6.56. The smallest absolute Gasteiger partial charge is 0.123 e. The molecule has 3 aromatic carbocycles. The van der Waals surface area contributed by atoms with E-state index in [2.05, 4.69) is 17.0 Å². The summed E-state index contributed by atoms with van der Waals surface area (Å²) in [6.45, 7) is 4.48. The molecule has 0 aliphatic rings. The van der Waals surface area contributed by atoms with Crippen molar-refractivity contribution in [3.05, 3.63) is 95.9 Å². The molecule has 0 unspecified atom stereocenters. The van der Waals surface area contributed by atoms with Crippen LogP contribution in [-0.4, -0.2) is 14.9 Å². The first kappa shape index (κ1) is 18.3. The highest BCUT2D eigenvalue weighted by atomic mass is 19.1. The van der Waals surface area contributed by atoms with Crippen molar-refractivity contribution in [1.82, 2.24) is 15.1 Å². The Kier molecular flexibility index (Phi) is 4.71. The van der Waals surface area contributed by atoms with E-state index in [9.17, 15) is 9.50 Å². The summed E-state index contributed by atoms with van der Waals surface area (Å²) in [5, 5.41) is 27.5. The van der Waals surface area contributed by atoms with Gasteiger partial charge >= 0.3 is 0 Å². The lowest BCUT2D eigenvalue weighted by Crippen LogP contribution is -2.11. The molecule has 0 saturated heterocycles. The van der Waals surface area contributed by atoms with Gasteiger partial charge < -0.3 is 10.4 Å². The van der Waals surface area contributed by atoms with Crippen LogP contribution >= 0.6 is 0 Å². The van der Waals surface area contributed by atoms with Crippen molar-refractivity contribution in [1.29, 1.82) is 5.26 Å². The maximum atomic E-state index is 13.2. The van der Waals surface area contributed by atoms with Gasteiger partial charge in [-0.3, -0.25) is 0 Å². The molecule has 29 heavy (non-hydrogen) atoms. The Morgan fingerprint density at radius 3 is 2.69 bits per heavy atom. The van der Waals surface area contributed by atoms with E-state index in [4.69, 9.17) is 5.26 Å². The zero-order chi connectivity index (χ0) is 20.4. The Bertz CT molecular complexity index is 1250. The van der Waals surface area contributed by atoms with E-state index in [1.54, 1.807) is 35.1 Å². The molecular formula is C23H17FN4O. The van der Waals surface area contributed by atoms with Crippen molar-refractivity contribution in [2.75, 3.05) is 0 Å². The van der Waals surface area contributed by atoms with E-state index in [-0.39, 0.29) is 11.6 Å². The fourth-order valence-corrected chi connectivity index (χ4v) is 3.18. The highest BCUT2D eigenvalue weighted by Crippen LogP contribution is 2.26. The normalized spacial score (nSPS) is 10.6. The molecular weight excluding hydrogens is 367 g/mol. The standard InChI is InChI=1S/C23H17FN4O/c1-15(26-13-17-6-5-16(12-25)11-23(17)29)20-3-2-4-22-21(20)14-27-28(22)19-9-7-18(24)8-10-19/h2-11,14,26,29H,1,13H2. The summed E-state index contributed by atoms with van der Waals surface area (Å²) in [5.41, 5.74) is 4.27. The van der Waals surface area contributed by atoms with E-state index in [0.29, 0.717) is 23.4 Å². The summed E-state index contributed by atoms with van der Waals surface area (Å²) in [6, 6.07) is 18.7. The van der Waals surface area contributed by atoms with Crippen molar-refractivity contribution in [2.24, 2.45) is 0 Å². The third kappa shape index (κ3) is 3.54. The monoisotopic (exact) mass is 384 g/mol. The Morgan fingerprint density at radius 1 is 1.17 bits per heavy atom. The molecule has 0 spiro atoms. The molecule has 0 radical (unpaired) electrons. The van der Waals surface area contributed by atoms with Crippen molar-refractivity contribution in [2.45, 2.75) is 6.54 Å². The number of phenols is 1. The molecule has 0 bridgehead atoms. The van der Waals surface area contributed by atoms with E-state index in [0.717, 1.165) is 22.2 Å². The van der Waals surface area contributed by atoms with Gasteiger partial charge in [0, 0.05) is 28.8 Å². The van der Waals surface area contributed by atoms with Crippen LogP contribution in [0.25, 0.3) is 22.3 Å². The SMILES string of the molecule is C=C(NCc1ccc(C#N)cc1O)c1cccc2c1cnn2-c1ccc(F)cc1. The molecule has 0 amide bonds. The number of aromatic hydroxyl groups is 1. The fraction of sp³-hybridized carbons (Fsp3) is 0.0435. The molecule has 5 nitrogen and oxygen atoms in total. The predicted molar refractivity (Wildman–Crippen MR) is 110 cm³/mol. The summed E-state index contributed by atoms with van der Waals surface area (Å²) in [5.74, 6) is -0.235. The predicted octanol–water partition coefficient (Wildman–Crippen LogP) is 4.50. The summed E-state index contributed by atoms with van der Waals surface area (Å²) >= 11 is 0. The number of fused-ring (bicyclic) bond motifs is 1. The number of aromatic nitrogens is 2. The van der Waals surface area contributed by atoms with Crippen LogP contribution in [-0.2, 0) is 6.54 Å². The van der Waals surface area contributed by atoms with Gasteiger partial charge in [-0.25, -0.2) is 9.07 Å². The zero-order valence-electron chi connectivity index (χ0n) is 15.4.